The Balaban J connectivity index is 1.47. The van der Waals surface area contributed by atoms with E-state index in [1.165, 1.54) is 0 Å². The molecule has 7 nitrogen and oxygen atoms in total. The molecule has 4 amide bonds. The number of rotatable bonds is 5. The first kappa shape index (κ1) is 19.4. The van der Waals surface area contributed by atoms with Crippen LogP contribution < -0.4 is 15.4 Å². The number of carbonyl (C=O) groups excluding carboxylic acids is 3. The molecule has 29 heavy (non-hydrogen) atoms. The lowest BCUT2D eigenvalue weighted by atomic mass is 9.80. The summed E-state index contributed by atoms with van der Waals surface area (Å²) in [6.07, 6.45) is 2.29. The van der Waals surface area contributed by atoms with Crippen molar-refractivity contribution in [2.24, 2.45) is 0 Å². The molecule has 0 saturated carbocycles. The molecule has 2 aromatic rings. The van der Waals surface area contributed by atoms with Crippen LogP contribution in [0.1, 0.15) is 35.8 Å². The van der Waals surface area contributed by atoms with Crippen LogP contribution in [0.15, 0.2) is 35.7 Å². The van der Waals surface area contributed by atoms with E-state index < -0.39 is 17.6 Å². The second-order valence-corrected chi connectivity index (χ2v) is 8.36. The van der Waals surface area contributed by atoms with Gasteiger partial charge in [0.25, 0.3) is 5.91 Å². The van der Waals surface area contributed by atoms with Gasteiger partial charge in [-0.2, -0.15) is 0 Å². The number of fused-ring (bicyclic) bond motifs is 2. The summed E-state index contributed by atoms with van der Waals surface area (Å²) in [6, 6.07) is 7.83. The Morgan fingerprint density at radius 1 is 1.31 bits per heavy atom. The van der Waals surface area contributed by atoms with Crippen LogP contribution >= 0.6 is 11.3 Å². The van der Waals surface area contributed by atoms with Gasteiger partial charge in [-0.3, -0.25) is 9.59 Å². The predicted molar refractivity (Wildman–Crippen MR) is 109 cm³/mol. The molecule has 1 fully saturated rings. The highest BCUT2D eigenvalue weighted by Crippen LogP contribution is 2.42. The second kappa shape index (κ2) is 7.51. The predicted octanol–water partition coefficient (Wildman–Crippen LogP) is 2.55. The van der Waals surface area contributed by atoms with Crippen LogP contribution in [0, 0.1) is 0 Å². The molecule has 2 heterocycles. The molecule has 1 aliphatic heterocycles. The van der Waals surface area contributed by atoms with E-state index >= 15 is 0 Å². The normalized spacial score (nSPS) is 21.7. The van der Waals surface area contributed by atoms with Crippen molar-refractivity contribution in [3.63, 3.8) is 0 Å². The van der Waals surface area contributed by atoms with E-state index in [1.807, 2.05) is 35.7 Å². The summed E-state index contributed by atoms with van der Waals surface area (Å²) < 4.78 is 5.12. The average molecular weight is 413 g/mol. The number of nitrogens with one attached hydrogen (secondary N) is 2. The first-order chi connectivity index (χ1) is 14.0. The molecule has 2 N–H and O–H groups in total. The summed E-state index contributed by atoms with van der Waals surface area (Å²) in [5, 5.41) is 7.64. The lowest BCUT2D eigenvalue weighted by molar-refractivity contribution is -0.138. The number of aryl methyl sites for hydroxylation is 1. The van der Waals surface area contributed by atoms with Gasteiger partial charge in [0.05, 0.1) is 7.11 Å². The molecular weight excluding hydrogens is 390 g/mol. The molecule has 2 atom stereocenters. The lowest BCUT2D eigenvalue weighted by Gasteiger charge is -2.31. The van der Waals surface area contributed by atoms with E-state index in [1.54, 1.807) is 25.4 Å². The zero-order chi connectivity index (χ0) is 20.6. The number of carbonyl (C=O) groups is 3. The zero-order valence-electron chi connectivity index (χ0n) is 16.4. The minimum absolute atomic E-state index is 0.302. The Bertz CT molecular complexity index is 955. The van der Waals surface area contributed by atoms with Crippen molar-refractivity contribution >= 4 is 29.2 Å². The number of nitrogens with zero attached hydrogens (tertiary/aromatic N) is 1. The van der Waals surface area contributed by atoms with Gasteiger partial charge in [-0.25, -0.2) is 9.69 Å². The third-order valence-electron chi connectivity index (χ3n) is 5.68. The summed E-state index contributed by atoms with van der Waals surface area (Å²) in [6.45, 7) is 1.88. The number of thiophene rings is 1. The van der Waals surface area contributed by atoms with Crippen molar-refractivity contribution < 1.29 is 19.1 Å². The fraction of sp³-hybridized carbons (Fsp3) is 0.381. The van der Waals surface area contributed by atoms with Gasteiger partial charge in [0.15, 0.2) is 0 Å². The molecular formula is C21H23N3O4S. The minimum Gasteiger partial charge on any atom is -0.497 e. The summed E-state index contributed by atoms with van der Waals surface area (Å²) in [7, 11) is 1.59. The van der Waals surface area contributed by atoms with Crippen LogP contribution in [-0.4, -0.2) is 35.9 Å². The highest BCUT2D eigenvalue weighted by molar-refractivity contribution is 7.10. The van der Waals surface area contributed by atoms with Gasteiger partial charge >= 0.3 is 6.03 Å². The first-order valence-electron chi connectivity index (χ1n) is 9.59. The van der Waals surface area contributed by atoms with Gasteiger partial charge in [0.1, 0.15) is 17.3 Å². The Labute approximate surface area is 173 Å². The molecule has 0 unspecified atom stereocenters. The van der Waals surface area contributed by atoms with Crippen molar-refractivity contribution in [3.05, 3.63) is 51.7 Å². The molecule has 1 aromatic heterocycles. The van der Waals surface area contributed by atoms with Gasteiger partial charge in [-0.15, -0.1) is 11.3 Å². The fourth-order valence-corrected chi connectivity index (χ4v) is 5.06. The molecule has 1 spiro atoms. The van der Waals surface area contributed by atoms with E-state index in [0.717, 1.165) is 39.5 Å². The number of ether oxygens (including phenoxy) is 1. The molecule has 0 bridgehead atoms. The van der Waals surface area contributed by atoms with Crippen LogP contribution in [0.2, 0.25) is 0 Å². The maximum absolute atomic E-state index is 13.3. The van der Waals surface area contributed by atoms with Crippen molar-refractivity contribution in [1.29, 1.82) is 0 Å². The molecule has 2 aliphatic rings. The van der Waals surface area contributed by atoms with E-state index in [0.29, 0.717) is 13.0 Å². The topological polar surface area (TPSA) is 87.7 Å². The van der Waals surface area contributed by atoms with Gasteiger partial charge < -0.3 is 15.4 Å². The molecule has 8 heteroatoms. The van der Waals surface area contributed by atoms with Crippen LogP contribution in [0.5, 0.6) is 5.75 Å². The van der Waals surface area contributed by atoms with Gasteiger partial charge in [-0.05, 0) is 55.3 Å². The fourth-order valence-electron chi connectivity index (χ4n) is 4.06. The number of hydrogen-bond donors (Lipinski definition) is 2. The van der Waals surface area contributed by atoms with Gasteiger partial charge in [0.2, 0.25) is 5.91 Å². The summed E-state index contributed by atoms with van der Waals surface area (Å²) >= 11 is 1.60. The Hall–Kier alpha value is -2.87. The SMILES string of the molecule is COc1ccc(CNC(=O)[C@H](C)N2C(=O)N[C@@]3(CCCc4sccc43)C2=O)cc1. The number of amides is 4. The summed E-state index contributed by atoms with van der Waals surface area (Å²) in [5.41, 5.74) is 0.741. The Morgan fingerprint density at radius 3 is 2.79 bits per heavy atom. The number of urea groups is 1. The quantitative estimate of drug-likeness (QED) is 0.738. The van der Waals surface area contributed by atoms with E-state index in [2.05, 4.69) is 10.6 Å². The number of imide groups is 1. The van der Waals surface area contributed by atoms with Crippen LogP contribution in [0.4, 0.5) is 4.79 Å². The van der Waals surface area contributed by atoms with E-state index in [9.17, 15) is 14.4 Å². The van der Waals surface area contributed by atoms with Gasteiger partial charge in [0, 0.05) is 17.0 Å². The number of hydrogen-bond acceptors (Lipinski definition) is 5. The largest absolute Gasteiger partial charge is 0.497 e. The highest BCUT2D eigenvalue weighted by atomic mass is 32.1. The molecule has 4 rings (SSSR count). The molecule has 1 aliphatic carbocycles. The van der Waals surface area contributed by atoms with Crippen molar-refractivity contribution in [2.45, 2.75) is 44.3 Å². The number of methoxy groups -OCH3 is 1. The molecule has 0 radical (unpaired) electrons. The van der Waals surface area contributed by atoms with Crippen molar-refractivity contribution in [1.82, 2.24) is 15.5 Å². The van der Waals surface area contributed by atoms with Crippen LogP contribution in [-0.2, 0) is 28.1 Å². The van der Waals surface area contributed by atoms with E-state index in [4.69, 9.17) is 4.74 Å². The van der Waals surface area contributed by atoms with E-state index in [-0.39, 0.29) is 11.8 Å². The first-order valence-corrected chi connectivity index (χ1v) is 10.5. The average Bonchev–Trinajstić information content (AvgIpc) is 3.30. The van der Waals surface area contributed by atoms with Gasteiger partial charge in [-0.1, -0.05) is 12.1 Å². The maximum Gasteiger partial charge on any atom is 0.326 e. The Kier molecular flexibility index (Phi) is 5.04. The molecule has 1 aromatic carbocycles. The minimum atomic E-state index is -1.03. The monoisotopic (exact) mass is 413 g/mol. The summed E-state index contributed by atoms with van der Waals surface area (Å²) in [4.78, 5) is 40.9. The third kappa shape index (κ3) is 3.27. The standard InChI is InChI=1S/C21H23N3O4S/c1-13(18(25)22-12-14-5-7-15(28-2)8-6-14)24-19(26)21(23-20(24)27)10-3-4-17-16(21)9-11-29-17/h5-9,11,13H,3-4,10,12H2,1-2H3,(H,22,25)(H,23,27)/t13-,21+/m0/s1. The number of benzene rings is 1. The molecule has 152 valence electrons. The third-order valence-corrected chi connectivity index (χ3v) is 6.66. The zero-order valence-corrected chi connectivity index (χ0v) is 17.2. The lowest BCUT2D eigenvalue weighted by Crippen LogP contribution is -2.50. The van der Waals surface area contributed by atoms with Crippen molar-refractivity contribution in [2.75, 3.05) is 7.11 Å². The van der Waals surface area contributed by atoms with Crippen LogP contribution in [0.3, 0.4) is 0 Å². The Morgan fingerprint density at radius 2 is 2.07 bits per heavy atom. The van der Waals surface area contributed by atoms with Crippen LogP contribution in [0.25, 0.3) is 0 Å². The smallest absolute Gasteiger partial charge is 0.326 e. The summed E-state index contributed by atoms with van der Waals surface area (Å²) in [5.74, 6) is 0.0232. The van der Waals surface area contributed by atoms with Crippen molar-refractivity contribution in [3.8, 4) is 5.75 Å². The molecule has 1 saturated heterocycles. The second-order valence-electron chi connectivity index (χ2n) is 7.36. The maximum atomic E-state index is 13.3. The highest BCUT2D eigenvalue weighted by Gasteiger charge is 2.56.